The summed E-state index contributed by atoms with van der Waals surface area (Å²) in [4.78, 5) is 20.5. The molecular weight excluding hydrogens is 471 g/mol. The van der Waals surface area contributed by atoms with Crippen molar-refractivity contribution in [3.8, 4) is 5.75 Å². The average molecular weight is 504 g/mol. The second-order valence-corrected chi connectivity index (χ2v) is 6.41. The fraction of sp³-hybridized carbons (Fsp3) is 0.600. The van der Waals surface area contributed by atoms with Gasteiger partial charge in [0.05, 0.1) is 19.9 Å². The quantitative estimate of drug-likeness (QED) is 0.193. The summed E-state index contributed by atoms with van der Waals surface area (Å²) in [5, 5.41) is 3.38. The van der Waals surface area contributed by atoms with Gasteiger partial charge < -0.3 is 24.6 Å². The number of piperazine rings is 1. The maximum absolute atomic E-state index is 11.2. The number of halogens is 1. The van der Waals surface area contributed by atoms with E-state index in [4.69, 9.17) is 9.73 Å². The molecule has 7 nitrogen and oxygen atoms in total. The molecule has 1 aliphatic rings. The Labute approximate surface area is 185 Å². The van der Waals surface area contributed by atoms with Crippen LogP contribution >= 0.6 is 24.0 Å². The molecule has 0 amide bonds. The molecule has 0 spiro atoms. The number of carbonyl (C=O) groups is 1. The van der Waals surface area contributed by atoms with Crippen molar-refractivity contribution in [2.75, 3.05) is 58.4 Å². The molecule has 1 aliphatic heterocycles. The minimum Gasteiger partial charge on any atom is -0.495 e. The number of hydrogen-bond acceptors (Lipinski definition) is 5. The van der Waals surface area contributed by atoms with Crippen molar-refractivity contribution in [3.63, 3.8) is 0 Å². The van der Waals surface area contributed by atoms with Gasteiger partial charge in [-0.25, -0.2) is 0 Å². The number of benzene rings is 1. The van der Waals surface area contributed by atoms with Gasteiger partial charge in [-0.3, -0.25) is 9.79 Å². The molecule has 1 N–H and O–H groups in total. The third kappa shape index (κ3) is 7.37. The van der Waals surface area contributed by atoms with Gasteiger partial charge in [-0.15, -0.1) is 24.0 Å². The van der Waals surface area contributed by atoms with Crippen molar-refractivity contribution in [2.45, 2.75) is 26.2 Å². The van der Waals surface area contributed by atoms with Gasteiger partial charge in [-0.2, -0.15) is 0 Å². The van der Waals surface area contributed by atoms with Crippen LogP contribution in [0.2, 0.25) is 0 Å². The third-order valence-electron chi connectivity index (χ3n) is 4.62. The lowest BCUT2D eigenvalue weighted by Crippen LogP contribution is -2.52. The molecule has 0 saturated carbocycles. The van der Waals surface area contributed by atoms with E-state index in [2.05, 4.69) is 32.8 Å². The molecule has 0 atom stereocenters. The zero-order valence-corrected chi connectivity index (χ0v) is 19.5. The minimum atomic E-state index is -0.154. The highest BCUT2D eigenvalue weighted by atomic mass is 127. The summed E-state index contributed by atoms with van der Waals surface area (Å²) in [5.74, 6) is 1.71. The van der Waals surface area contributed by atoms with Crippen molar-refractivity contribution in [1.29, 1.82) is 0 Å². The van der Waals surface area contributed by atoms with E-state index in [9.17, 15) is 4.79 Å². The van der Waals surface area contributed by atoms with Crippen LogP contribution in [0.1, 0.15) is 26.2 Å². The van der Waals surface area contributed by atoms with Crippen LogP contribution in [-0.2, 0) is 9.53 Å². The Kier molecular flexibility index (Phi) is 11.7. The molecule has 1 aromatic carbocycles. The molecular formula is C20H33IN4O3. The number of ether oxygens (including phenoxy) is 2. The molecule has 1 aromatic rings. The second kappa shape index (κ2) is 13.5. The van der Waals surface area contributed by atoms with Gasteiger partial charge in [0.25, 0.3) is 0 Å². The van der Waals surface area contributed by atoms with E-state index < -0.39 is 0 Å². The topological polar surface area (TPSA) is 66.4 Å². The molecule has 1 heterocycles. The van der Waals surface area contributed by atoms with Gasteiger partial charge in [-0.05, 0) is 31.9 Å². The normalized spacial score (nSPS) is 14.3. The largest absolute Gasteiger partial charge is 0.495 e. The molecule has 1 fully saturated rings. The maximum Gasteiger partial charge on any atom is 0.305 e. The summed E-state index contributed by atoms with van der Waals surface area (Å²) in [6.07, 6.45) is 2.14. The SMILES string of the molecule is CCNC(=NCCCCC(=O)OC)N1CCN(c2ccccc2OC)CC1.I. The van der Waals surface area contributed by atoms with Crippen LogP contribution < -0.4 is 15.0 Å². The number of anilines is 1. The van der Waals surface area contributed by atoms with Crippen LogP contribution in [0.5, 0.6) is 5.75 Å². The number of nitrogens with one attached hydrogen (secondary N) is 1. The van der Waals surface area contributed by atoms with E-state index in [1.165, 1.54) is 7.11 Å². The van der Waals surface area contributed by atoms with E-state index in [1.54, 1.807) is 7.11 Å². The number of esters is 1. The summed E-state index contributed by atoms with van der Waals surface area (Å²) in [6.45, 7) is 7.30. The standard InChI is InChI=1S/C20H32N4O3.HI/c1-4-21-20(22-12-8-7-11-19(25)27-3)24-15-13-23(14-16-24)17-9-5-6-10-18(17)26-2;/h5-6,9-10H,4,7-8,11-16H2,1-3H3,(H,21,22);1H. The van der Waals surface area contributed by atoms with Crippen LogP contribution in [0.4, 0.5) is 5.69 Å². The first-order chi connectivity index (χ1) is 13.2. The second-order valence-electron chi connectivity index (χ2n) is 6.41. The smallest absolute Gasteiger partial charge is 0.305 e. The Balaban J connectivity index is 0.00000392. The first-order valence-corrected chi connectivity index (χ1v) is 9.67. The molecule has 2 rings (SSSR count). The van der Waals surface area contributed by atoms with Crippen molar-refractivity contribution in [3.05, 3.63) is 24.3 Å². The summed E-state index contributed by atoms with van der Waals surface area (Å²) in [6, 6.07) is 8.15. The van der Waals surface area contributed by atoms with Gasteiger partial charge in [0.1, 0.15) is 5.75 Å². The summed E-state index contributed by atoms with van der Waals surface area (Å²) in [5.41, 5.74) is 1.14. The number of carbonyl (C=O) groups excluding carboxylic acids is 1. The Morgan fingerprint density at radius 3 is 2.50 bits per heavy atom. The summed E-state index contributed by atoms with van der Waals surface area (Å²) >= 11 is 0. The van der Waals surface area contributed by atoms with Crippen LogP contribution in [-0.4, -0.2) is 70.3 Å². The van der Waals surface area contributed by atoms with Crippen LogP contribution in [0.15, 0.2) is 29.3 Å². The van der Waals surface area contributed by atoms with Gasteiger partial charge in [0, 0.05) is 45.7 Å². The van der Waals surface area contributed by atoms with Gasteiger partial charge in [0.2, 0.25) is 0 Å². The molecule has 0 aliphatic carbocycles. The summed E-state index contributed by atoms with van der Waals surface area (Å²) in [7, 11) is 3.14. The lowest BCUT2D eigenvalue weighted by molar-refractivity contribution is -0.140. The van der Waals surface area contributed by atoms with Gasteiger partial charge >= 0.3 is 5.97 Å². The molecule has 1 saturated heterocycles. The number of methoxy groups -OCH3 is 2. The average Bonchev–Trinajstić information content (AvgIpc) is 2.72. The number of unbranched alkanes of at least 4 members (excludes halogenated alkanes) is 1. The number of rotatable bonds is 8. The van der Waals surface area contributed by atoms with Crippen molar-refractivity contribution in [1.82, 2.24) is 10.2 Å². The fourth-order valence-electron chi connectivity index (χ4n) is 3.14. The highest BCUT2D eigenvalue weighted by Gasteiger charge is 2.21. The number of para-hydroxylation sites is 2. The third-order valence-corrected chi connectivity index (χ3v) is 4.62. The predicted molar refractivity (Wildman–Crippen MR) is 124 cm³/mol. The van der Waals surface area contributed by atoms with E-state index in [-0.39, 0.29) is 29.9 Å². The monoisotopic (exact) mass is 504 g/mol. The minimum absolute atomic E-state index is 0. The Hall–Kier alpha value is -1.71. The van der Waals surface area contributed by atoms with Crippen molar-refractivity contribution in [2.24, 2.45) is 4.99 Å². The van der Waals surface area contributed by atoms with Crippen molar-refractivity contribution >= 4 is 41.6 Å². The zero-order chi connectivity index (χ0) is 19.5. The molecule has 0 aromatic heterocycles. The Bertz CT molecular complexity index is 619. The number of aliphatic imine (C=N–C) groups is 1. The molecule has 8 heteroatoms. The van der Waals surface area contributed by atoms with E-state index in [0.29, 0.717) is 13.0 Å². The lowest BCUT2D eigenvalue weighted by atomic mass is 10.2. The highest BCUT2D eigenvalue weighted by Crippen LogP contribution is 2.28. The molecule has 0 bridgehead atoms. The fourth-order valence-corrected chi connectivity index (χ4v) is 3.14. The van der Waals surface area contributed by atoms with Crippen molar-refractivity contribution < 1.29 is 14.3 Å². The zero-order valence-electron chi connectivity index (χ0n) is 17.1. The maximum atomic E-state index is 11.2. The van der Waals surface area contributed by atoms with Crippen LogP contribution in [0.25, 0.3) is 0 Å². The number of nitrogens with zero attached hydrogens (tertiary/aromatic N) is 3. The number of guanidine groups is 1. The Morgan fingerprint density at radius 1 is 1.14 bits per heavy atom. The lowest BCUT2D eigenvalue weighted by Gasteiger charge is -2.38. The number of hydrogen-bond donors (Lipinski definition) is 1. The van der Waals surface area contributed by atoms with E-state index in [1.807, 2.05) is 18.2 Å². The van der Waals surface area contributed by atoms with Gasteiger partial charge in [0.15, 0.2) is 5.96 Å². The summed E-state index contributed by atoms with van der Waals surface area (Å²) < 4.78 is 10.2. The van der Waals surface area contributed by atoms with E-state index >= 15 is 0 Å². The predicted octanol–water partition coefficient (Wildman–Crippen LogP) is 2.74. The first-order valence-electron chi connectivity index (χ1n) is 9.67. The van der Waals surface area contributed by atoms with Crippen LogP contribution in [0.3, 0.4) is 0 Å². The highest BCUT2D eigenvalue weighted by molar-refractivity contribution is 14.0. The van der Waals surface area contributed by atoms with Gasteiger partial charge in [-0.1, -0.05) is 12.1 Å². The van der Waals surface area contributed by atoms with Crippen LogP contribution in [0, 0.1) is 0 Å². The molecule has 28 heavy (non-hydrogen) atoms. The molecule has 158 valence electrons. The van der Waals surface area contributed by atoms with E-state index in [0.717, 1.165) is 63.0 Å². The first kappa shape index (κ1) is 24.3. The Morgan fingerprint density at radius 2 is 1.86 bits per heavy atom. The molecule has 0 unspecified atom stereocenters. The molecule has 0 radical (unpaired) electrons.